The highest BCUT2D eigenvalue weighted by atomic mass is 16.7. The van der Waals surface area contributed by atoms with Gasteiger partial charge in [-0.25, -0.2) is 0 Å². The van der Waals surface area contributed by atoms with E-state index in [1.54, 1.807) is 12.1 Å². The van der Waals surface area contributed by atoms with Crippen molar-refractivity contribution in [3.05, 3.63) is 48.0 Å². The number of fused-ring (bicyclic) bond motifs is 3. The molecule has 3 aromatic rings. The third-order valence-electron chi connectivity index (χ3n) is 4.41. The van der Waals surface area contributed by atoms with E-state index in [0.29, 0.717) is 28.6 Å². The van der Waals surface area contributed by atoms with Gasteiger partial charge in [-0.3, -0.25) is 4.79 Å². The van der Waals surface area contributed by atoms with Gasteiger partial charge in [0, 0.05) is 5.56 Å². The van der Waals surface area contributed by atoms with E-state index < -0.39 is 5.91 Å². The summed E-state index contributed by atoms with van der Waals surface area (Å²) in [5.74, 6) is 2.24. The number of nitrogens with two attached hydrogens (primary N) is 1. The van der Waals surface area contributed by atoms with Crippen LogP contribution in [-0.2, 0) is 0 Å². The Kier molecular flexibility index (Phi) is 2.82. The van der Waals surface area contributed by atoms with Crippen LogP contribution >= 0.6 is 0 Å². The van der Waals surface area contributed by atoms with Gasteiger partial charge >= 0.3 is 0 Å². The van der Waals surface area contributed by atoms with E-state index >= 15 is 0 Å². The summed E-state index contributed by atoms with van der Waals surface area (Å²) in [6.45, 7) is 0.396. The molecule has 6 nitrogen and oxygen atoms in total. The van der Waals surface area contributed by atoms with Crippen molar-refractivity contribution in [1.82, 2.24) is 0 Å². The fourth-order valence-electron chi connectivity index (χ4n) is 3.20. The van der Waals surface area contributed by atoms with E-state index in [1.165, 1.54) is 0 Å². The van der Waals surface area contributed by atoms with Gasteiger partial charge in [0.1, 0.15) is 0 Å². The van der Waals surface area contributed by atoms with Gasteiger partial charge in [-0.2, -0.15) is 0 Å². The molecule has 0 spiro atoms. The maximum Gasteiger partial charge on any atom is 0.248 e. The molecular weight excluding hydrogens is 322 g/mol. The Balaban J connectivity index is 1.79. The molecule has 0 aliphatic carbocycles. The van der Waals surface area contributed by atoms with Crippen molar-refractivity contribution < 1.29 is 23.7 Å². The number of benzene rings is 3. The van der Waals surface area contributed by atoms with Crippen molar-refractivity contribution in [2.75, 3.05) is 13.6 Å². The predicted molar refractivity (Wildman–Crippen MR) is 90.1 cm³/mol. The molecule has 0 bridgehead atoms. The third-order valence-corrected chi connectivity index (χ3v) is 4.41. The highest BCUT2D eigenvalue weighted by Gasteiger charge is 2.19. The lowest BCUT2D eigenvalue weighted by atomic mass is 9.94. The summed E-state index contributed by atoms with van der Waals surface area (Å²) in [6, 6.07) is 13.0. The van der Waals surface area contributed by atoms with Crippen LogP contribution in [0.5, 0.6) is 23.0 Å². The van der Waals surface area contributed by atoms with Crippen LogP contribution in [0.1, 0.15) is 10.4 Å². The minimum absolute atomic E-state index is 0.188. The number of hydrogen-bond donors (Lipinski definition) is 1. The standard InChI is InChI=1S/C19H13NO5/c20-19(21)12-3-11-6-17-18(25-9-24-17)7-14(11)13(4-12)10-1-2-15-16(5-10)23-8-22-15/h1-7H,8-9H2,(H2,20,21). The van der Waals surface area contributed by atoms with Crippen molar-refractivity contribution in [2.45, 2.75) is 0 Å². The minimum Gasteiger partial charge on any atom is -0.454 e. The van der Waals surface area contributed by atoms with E-state index in [-0.39, 0.29) is 13.6 Å². The Morgan fingerprint density at radius 3 is 2.24 bits per heavy atom. The molecule has 2 aliphatic heterocycles. The molecule has 0 unspecified atom stereocenters. The average Bonchev–Trinajstić information content (AvgIpc) is 3.26. The van der Waals surface area contributed by atoms with Crippen LogP contribution in [0.2, 0.25) is 0 Å². The van der Waals surface area contributed by atoms with Gasteiger partial charge < -0.3 is 24.7 Å². The average molecular weight is 335 g/mol. The van der Waals surface area contributed by atoms with Crippen LogP contribution in [0, 0.1) is 0 Å². The van der Waals surface area contributed by atoms with Gasteiger partial charge in [0.15, 0.2) is 23.0 Å². The third kappa shape index (κ3) is 2.15. The summed E-state index contributed by atoms with van der Waals surface area (Å²) in [7, 11) is 0. The van der Waals surface area contributed by atoms with Gasteiger partial charge in [-0.05, 0) is 58.3 Å². The van der Waals surface area contributed by atoms with Gasteiger partial charge in [0.25, 0.3) is 0 Å². The molecule has 0 saturated carbocycles. The molecular formula is C19H13NO5. The lowest BCUT2D eigenvalue weighted by Gasteiger charge is -2.11. The van der Waals surface area contributed by atoms with Crippen LogP contribution in [0.15, 0.2) is 42.5 Å². The molecule has 0 aromatic heterocycles. The number of primary amides is 1. The lowest BCUT2D eigenvalue weighted by Crippen LogP contribution is -2.10. The van der Waals surface area contributed by atoms with Crippen LogP contribution in [-0.4, -0.2) is 19.5 Å². The number of carbonyl (C=O) groups excluding carboxylic acids is 1. The van der Waals surface area contributed by atoms with Gasteiger partial charge in [0.05, 0.1) is 0 Å². The van der Waals surface area contributed by atoms with E-state index in [4.69, 9.17) is 24.7 Å². The van der Waals surface area contributed by atoms with Gasteiger partial charge in [-0.15, -0.1) is 0 Å². The number of amides is 1. The molecule has 2 heterocycles. The zero-order valence-electron chi connectivity index (χ0n) is 13.1. The lowest BCUT2D eigenvalue weighted by molar-refractivity contribution is 0.100. The van der Waals surface area contributed by atoms with Gasteiger partial charge in [0.2, 0.25) is 19.5 Å². The second kappa shape index (κ2) is 5.04. The maximum absolute atomic E-state index is 11.8. The molecule has 2 aliphatic rings. The number of carbonyl (C=O) groups is 1. The quantitative estimate of drug-likeness (QED) is 0.778. The van der Waals surface area contributed by atoms with Crippen molar-refractivity contribution in [2.24, 2.45) is 5.73 Å². The Morgan fingerprint density at radius 1 is 0.800 bits per heavy atom. The van der Waals surface area contributed by atoms with E-state index in [1.807, 2.05) is 30.3 Å². The maximum atomic E-state index is 11.8. The second-order valence-electron chi connectivity index (χ2n) is 5.88. The van der Waals surface area contributed by atoms with E-state index in [2.05, 4.69) is 0 Å². The second-order valence-corrected chi connectivity index (χ2v) is 5.88. The molecule has 25 heavy (non-hydrogen) atoms. The van der Waals surface area contributed by atoms with Crippen LogP contribution in [0.4, 0.5) is 0 Å². The SMILES string of the molecule is NC(=O)c1cc(-c2ccc3c(c2)OCO3)c2cc3c(cc2c1)OCO3. The summed E-state index contributed by atoms with van der Waals surface area (Å²) in [6.07, 6.45) is 0. The Labute approximate surface area is 142 Å². The molecule has 0 saturated heterocycles. The normalized spacial score (nSPS) is 14.1. The highest BCUT2D eigenvalue weighted by molar-refractivity contribution is 6.05. The molecule has 0 fully saturated rings. The topological polar surface area (TPSA) is 80.0 Å². The zero-order valence-corrected chi connectivity index (χ0v) is 13.1. The first-order chi connectivity index (χ1) is 12.2. The van der Waals surface area contributed by atoms with Crippen molar-refractivity contribution in [3.63, 3.8) is 0 Å². The summed E-state index contributed by atoms with van der Waals surface area (Å²) in [5, 5.41) is 1.79. The summed E-state index contributed by atoms with van der Waals surface area (Å²) >= 11 is 0. The zero-order chi connectivity index (χ0) is 17.0. The fourth-order valence-corrected chi connectivity index (χ4v) is 3.20. The molecule has 5 rings (SSSR count). The molecule has 3 aromatic carbocycles. The Hall–Kier alpha value is -3.41. The van der Waals surface area contributed by atoms with Gasteiger partial charge in [-0.1, -0.05) is 6.07 Å². The first kappa shape index (κ1) is 14.0. The van der Waals surface area contributed by atoms with E-state index in [9.17, 15) is 4.79 Å². The predicted octanol–water partition coefficient (Wildman–Crippen LogP) is 3.06. The van der Waals surface area contributed by atoms with Crippen LogP contribution in [0.3, 0.4) is 0 Å². The van der Waals surface area contributed by atoms with Crippen LogP contribution in [0.25, 0.3) is 21.9 Å². The summed E-state index contributed by atoms with van der Waals surface area (Å²) < 4.78 is 21.8. The monoisotopic (exact) mass is 335 g/mol. The highest BCUT2D eigenvalue weighted by Crippen LogP contribution is 2.42. The molecule has 0 atom stereocenters. The molecule has 2 N–H and O–H groups in total. The summed E-state index contributed by atoms with van der Waals surface area (Å²) in [4.78, 5) is 11.8. The molecule has 0 radical (unpaired) electrons. The fraction of sp³-hybridized carbons (Fsp3) is 0.105. The summed E-state index contributed by atoms with van der Waals surface area (Å²) in [5.41, 5.74) is 7.71. The molecule has 6 heteroatoms. The smallest absolute Gasteiger partial charge is 0.248 e. The van der Waals surface area contributed by atoms with E-state index in [0.717, 1.165) is 21.9 Å². The largest absolute Gasteiger partial charge is 0.454 e. The first-order valence-corrected chi connectivity index (χ1v) is 7.76. The van der Waals surface area contributed by atoms with Crippen molar-refractivity contribution in [3.8, 4) is 34.1 Å². The Bertz CT molecular complexity index is 1040. The van der Waals surface area contributed by atoms with Crippen molar-refractivity contribution in [1.29, 1.82) is 0 Å². The van der Waals surface area contributed by atoms with Crippen molar-refractivity contribution >= 4 is 16.7 Å². The number of hydrogen-bond acceptors (Lipinski definition) is 5. The number of ether oxygens (including phenoxy) is 4. The Morgan fingerprint density at radius 2 is 1.48 bits per heavy atom. The van der Waals surface area contributed by atoms with Crippen LogP contribution < -0.4 is 24.7 Å². The first-order valence-electron chi connectivity index (χ1n) is 7.76. The minimum atomic E-state index is -0.485. The number of rotatable bonds is 2. The molecule has 1 amide bonds. The molecule has 124 valence electrons.